The van der Waals surface area contributed by atoms with Crippen LogP contribution in [0.25, 0.3) is 6.08 Å². The summed E-state index contributed by atoms with van der Waals surface area (Å²) in [4.78, 5) is 4.72. The lowest BCUT2D eigenvalue weighted by molar-refractivity contribution is 0.200. The standard InChI is InChI=1S/C20H22IN3S/c21-18-10-4-5-11-19(18)22-20(25)24-15-13-23(14-16-24)12-6-9-17-7-2-1-3-8-17/h1-11H,12-16H2,(H,22,25). The molecule has 1 N–H and O–H groups in total. The zero-order valence-corrected chi connectivity index (χ0v) is 17.0. The smallest absolute Gasteiger partial charge is 0.173 e. The van der Waals surface area contributed by atoms with Crippen LogP contribution >= 0.6 is 34.8 Å². The molecule has 2 aromatic carbocycles. The molecule has 1 aliphatic heterocycles. The molecular formula is C20H22IN3S. The molecule has 3 rings (SSSR count). The molecule has 0 saturated carbocycles. The fourth-order valence-corrected chi connectivity index (χ4v) is 3.61. The summed E-state index contributed by atoms with van der Waals surface area (Å²) in [6.07, 6.45) is 4.43. The van der Waals surface area contributed by atoms with E-state index in [1.54, 1.807) is 0 Å². The maximum Gasteiger partial charge on any atom is 0.173 e. The van der Waals surface area contributed by atoms with E-state index in [9.17, 15) is 0 Å². The molecular weight excluding hydrogens is 441 g/mol. The summed E-state index contributed by atoms with van der Waals surface area (Å²) in [5.41, 5.74) is 2.34. The van der Waals surface area contributed by atoms with Crippen molar-refractivity contribution in [2.24, 2.45) is 0 Å². The monoisotopic (exact) mass is 463 g/mol. The molecule has 0 spiro atoms. The Morgan fingerprint density at radius 2 is 1.68 bits per heavy atom. The number of benzene rings is 2. The normalized spacial score (nSPS) is 15.5. The number of halogens is 1. The van der Waals surface area contributed by atoms with Crippen LogP contribution in [-0.4, -0.2) is 47.6 Å². The Balaban J connectivity index is 1.44. The van der Waals surface area contributed by atoms with E-state index in [0.29, 0.717) is 0 Å². The van der Waals surface area contributed by atoms with E-state index in [0.717, 1.165) is 43.5 Å². The zero-order chi connectivity index (χ0) is 17.5. The van der Waals surface area contributed by atoms with Gasteiger partial charge in [-0.3, -0.25) is 4.90 Å². The van der Waals surface area contributed by atoms with E-state index < -0.39 is 0 Å². The second-order valence-electron chi connectivity index (χ2n) is 6.01. The van der Waals surface area contributed by atoms with Crippen LogP contribution in [0.4, 0.5) is 5.69 Å². The highest BCUT2D eigenvalue weighted by Gasteiger charge is 2.18. The molecule has 0 aromatic heterocycles. The maximum atomic E-state index is 5.58. The van der Waals surface area contributed by atoms with Crippen molar-refractivity contribution in [2.75, 3.05) is 38.0 Å². The van der Waals surface area contributed by atoms with Gasteiger partial charge in [-0.15, -0.1) is 0 Å². The molecule has 5 heteroatoms. The molecule has 0 aliphatic carbocycles. The quantitative estimate of drug-likeness (QED) is 0.538. The summed E-state index contributed by atoms with van der Waals surface area (Å²) in [5.74, 6) is 0. The van der Waals surface area contributed by atoms with Gasteiger partial charge in [0.05, 0.1) is 5.69 Å². The van der Waals surface area contributed by atoms with Crippen LogP contribution in [0.1, 0.15) is 5.56 Å². The number of nitrogens with zero attached hydrogens (tertiary/aromatic N) is 2. The average molecular weight is 463 g/mol. The van der Waals surface area contributed by atoms with Crippen LogP contribution in [0.5, 0.6) is 0 Å². The van der Waals surface area contributed by atoms with Gasteiger partial charge in [-0.2, -0.15) is 0 Å². The second-order valence-corrected chi connectivity index (χ2v) is 7.56. The SMILES string of the molecule is S=C(Nc1ccccc1I)N1CCN(CC=Cc2ccccc2)CC1. The molecule has 1 fully saturated rings. The minimum Gasteiger partial charge on any atom is -0.346 e. The van der Waals surface area contributed by atoms with E-state index in [1.807, 2.05) is 18.2 Å². The van der Waals surface area contributed by atoms with Crippen LogP contribution in [0.2, 0.25) is 0 Å². The highest BCUT2D eigenvalue weighted by Crippen LogP contribution is 2.18. The Kier molecular flexibility index (Phi) is 6.84. The maximum absolute atomic E-state index is 5.58. The van der Waals surface area contributed by atoms with Gasteiger partial charge >= 0.3 is 0 Å². The number of piperazine rings is 1. The van der Waals surface area contributed by atoms with Crippen LogP contribution in [0, 0.1) is 3.57 Å². The van der Waals surface area contributed by atoms with Crippen molar-refractivity contribution < 1.29 is 0 Å². The van der Waals surface area contributed by atoms with Gasteiger partial charge in [0.2, 0.25) is 0 Å². The van der Waals surface area contributed by atoms with Gasteiger partial charge in [0, 0.05) is 36.3 Å². The molecule has 1 aliphatic rings. The summed E-state index contributed by atoms with van der Waals surface area (Å²) in [5, 5.41) is 4.20. The highest BCUT2D eigenvalue weighted by molar-refractivity contribution is 14.1. The van der Waals surface area contributed by atoms with Gasteiger partial charge in [0.25, 0.3) is 0 Å². The fourth-order valence-electron chi connectivity index (χ4n) is 2.79. The number of hydrogen-bond donors (Lipinski definition) is 1. The molecule has 0 radical (unpaired) electrons. The largest absolute Gasteiger partial charge is 0.346 e. The lowest BCUT2D eigenvalue weighted by Crippen LogP contribution is -2.49. The summed E-state index contributed by atoms with van der Waals surface area (Å²) in [6.45, 7) is 4.99. The van der Waals surface area contributed by atoms with E-state index in [1.165, 1.54) is 9.13 Å². The van der Waals surface area contributed by atoms with E-state index in [4.69, 9.17) is 12.2 Å². The summed E-state index contributed by atoms with van der Waals surface area (Å²) in [7, 11) is 0. The van der Waals surface area contributed by atoms with E-state index in [2.05, 4.69) is 86.3 Å². The minimum absolute atomic E-state index is 0.823. The predicted molar refractivity (Wildman–Crippen MR) is 119 cm³/mol. The first-order chi connectivity index (χ1) is 12.2. The molecule has 130 valence electrons. The Labute approximate surface area is 168 Å². The Morgan fingerprint density at radius 1 is 1.00 bits per heavy atom. The molecule has 0 amide bonds. The van der Waals surface area contributed by atoms with Crippen LogP contribution < -0.4 is 5.32 Å². The average Bonchev–Trinajstić information content (AvgIpc) is 2.65. The van der Waals surface area contributed by atoms with Gasteiger partial charge in [-0.25, -0.2) is 0 Å². The number of anilines is 1. The molecule has 3 nitrogen and oxygen atoms in total. The van der Waals surface area contributed by atoms with Crippen LogP contribution in [-0.2, 0) is 0 Å². The van der Waals surface area contributed by atoms with E-state index in [-0.39, 0.29) is 0 Å². The van der Waals surface area contributed by atoms with Gasteiger partial charge in [0.1, 0.15) is 0 Å². The molecule has 0 atom stereocenters. The zero-order valence-electron chi connectivity index (χ0n) is 14.1. The number of hydrogen-bond acceptors (Lipinski definition) is 2. The lowest BCUT2D eigenvalue weighted by Gasteiger charge is -2.35. The first-order valence-electron chi connectivity index (χ1n) is 8.47. The van der Waals surface area contributed by atoms with Crippen LogP contribution in [0.15, 0.2) is 60.7 Å². The molecule has 0 bridgehead atoms. The second kappa shape index (κ2) is 9.31. The van der Waals surface area contributed by atoms with Crippen molar-refractivity contribution in [3.05, 3.63) is 69.8 Å². The van der Waals surface area contributed by atoms with Crippen molar-refractivity contribution in [3.8, 4) is 0 Å². The van der Waals surface area contributed by atoms with Gasteiger partial charge < -0.3 is 10.2 Å². The summed E-state index contributed by atoms with van der Waals surface area (Å²) >= 11 is 7.92. The fraction of sp³-hybridized carbons (Fsp3) is 0.250. The first-order valence-corrected chi connectivity index (χ1v) is 9.95. The third-order valence-corrected chi connectivity index (χ3v) is 5.55. The molecule has 1 heterocycles. The Hall–Kier alpha value is -1.44. The van der Waals surface area contributed by atoms with Gasteiger partial charge in [-0.05, 0) is 52.5 Å². The summed E-state index contributed by atoms with van der Waals surface area (Å²) in [6, 6.07) is 18.7. The van der Waals surface area contributed by atoms with Gasteiger partial charge in [-0.1, -0.05) is 54.6 Å². The third kappa shape index (κ3) is 5.52. The topological polar surface area (TPSA) is 18.5 Å². The van der Waals surface area contributed by atoms with Crippen molar-refractivity contribution in [3.63, 3.8) is 0 Å². The number of thiocarbonyl (C=S) groups is 1. The van der Waals surface area contributed by atoms with Crippen LogP contribution in [0.3, 0.4) is 0 Å². The van der Waals surface area contributed by atoms with Crippen molar-refractivity contribution in [1.82, 2.24) is 9.80 Å². The van der Waals surface area contributed by atoms with Gasteiger partial charge in [0.15, 0.2) is 5.11 Å². The number of rotatable bonds is 4. The Morgan fingerprint density at radius 3 is 2.40 bits per heavy atom. The van der Waals surface area contributed by atoms with E-state index >= 15 is 0 Å². The Bertz CT molecular complexity index is 725. The molecule has 25 heavy (non-hydrogen) atoms. The highest BCUT2D eigenvalue weighted by atomic mass is 127. The molecule has 0 unspecified atom stereocenters. The predicted octanol–water partition coefficient (Wildman–Crippen LogP) is 4.32. The first kappa shape index (κ1) is 18.4. The molecule has 2 aromatic rings. The molecule has 1 saturated heterocycles. The van der Waals surface area contributed by atoms with Crippen molar-refractivity contribution >= 4 is 51.7 Å². The number of para-hydroxylation sites is 1. The summed E-state index contributed by atoms with van der Waals surface area (Å²) < 4.78 is 1.19. The van der Waals surface area contributed by atoms with Crippen molar-refractivity contribution in [2.45, 2.75) is 0 Å². The number of nitrogens with one attached hydrogen (secondary N) is 1. The van der Waals surface area contributed by atoms with Crippen molar-refractivity contribution in [1.29, 1.82) is 0 Å². The third-order valence-electron chi connectivity index (χ3n) is 4.25. The lowest BCUT2D eigenvalue weighted by atomic mass is 10.2. The minimum atomic E-state index is 0.823.